The Labute approximate surface area is 139 Å². The van der Waals surface area contributed by atoms with Crippen LogP contribution in [-0.4, -0.2) is 18.2 Å². The van der Waals surface area contributed by atoms with Gasteiger partial charge >= 0.3 is 14.9 Å². The largest absolute Gasteiger partial charge is 0.421 e. The number of anilines is 1. The summed E-state index contributed by atoms with van der Waals surface area (Å²) in [6.07, 6.45) is -5.65. The van der Waals surface area contributed by atoms with Gasteiger partial charge in [-0.2, -0.15) is 13.2 Å². The third-order valence-electron chi connectivity index (χ3n) is 3.47. The number of hydrogen-bond donors (Lipinski definition) is 0. The topological polar surface area (TPSA) is 42.4 Å². The predicted octanol–water partition coefficient (Wildman–Crippen LogP) is 4.85. The Hall–Kier alpha value is -1.98. The first kappa shape index (κ1) is 18.4. The number of pyridine rings is 1. The van der Waals surface area contributed by atoms with Crippen molar-refractivity contribution in [2.75, 3.05) is 11.9 Å². The normalized spacial score (nSPS) is 13.0. The fourth-order valence-electron chi connectivity index (χ4n) is 2.16. The summed E-state index contributed by atoms with van der Waals surface area (Å²) in [6, 6.07) is 10.7. The van der Waals surface area contributed by atoms with E-state index in [1.807, 2.05) is 43.1 Å². The summed E-state index contributed by atoms with van der Waals surface area (Å²) < 4.78 is 53.2. The number of aromatic nitrogens is 1. The van der Waals surface area contributed by atoms with Gasteiger partial charge in [0.25, 0.3) is 0 Å². The lowest BCUT2D eigenvalue weighted by atomic mass is 10.1. The van der Waals surface area contributed by atoms with Crippen LogP contribution in [0.15, 0.2) is 42.6 Å². The zero-order chi connectivity index (χ0) is 17.7. The van der Waals surface area contributed by atoms with Crippen LogP contribution in [0.4, 0.5) is 18.9 Å². The van der Waals surface area contributed by atoms with Crippen molar-refractivity contribution in [3.8, 4) is 0 Å². The molecule has 0 bridgehead atoms. The standard InChI is InChI=1S/C16H16F3N2O2P/c1-11-3-5-12(6-4-11)10-21(2)13-7-8-14(20-9-13)15(23-24-22)16(17,18)19/h3-9,15H,10H2,1-2H3. The smallest absolute Gasteiger partial charge is 0.369 e. The molecule has 2 rings (SSSR count). The number of alkyl halides is 3. The number of benzene rings is 1. The van der Waals surface area contributed by atoms with E-state index in [1.54, 1.807) is 0 Å². The Morgan fingerprint density at radius 1 is 1.21 bits per heavy atom. The molecule has 1 atom stereocenters. The molecule has 0 fully saturated rings. The minimum atomic E-state index is -4.68. The van der Waals surface area contributed by atoms with Gasteiger partial charge in [0, 0.05) is 13.6 Å². The monoisotopic (exact) mass is 356 g/mol. The molecule has 0 spiro atoms. The predicted molar refractivity (Wildman–Crippen MR) is 85.0 cm³/mol. The highest BCUT2D eigenvalue weighted by Gasteiger charge is 2.43. The lowest BCUT2D eigenvalue weighted by molar-refractivity contribution is -0.196. The quantitative estimate of drug-likeness (QED) is 0.694. The molecule has 0 aliphatic heterocycles. The molecule has 24 heavy (non-hydrogen) atoms. The molecule has 128 valence electrons. The van der Waals surface area contributed by atoms with Crippen LogP contribution in [0.3, 0.4) is 0 Å². The van der Waals surface area contributed by atoms with Crippen molar-refractivity contribution >= 4 is 14.4 Å². The molecule has 4 nitrogen and oxygen atoms in total. The van der Waals surface area contributed by atoms with E-state index in [1.165, 1.54) is 18.3 Å². The number of halogens is 3. The van der Waals surface area contributed by atoms with Gasteiger partial charge in [0.1, 0.15) is 0 Å². The van der Waals surface area contributed by atoms with Crippen molar-refractivity contribution in [1.82, 2.24) is 4.98 Å². The van der Waals surface area contributed by atoms with Gasteiger partial charge in [-0.25, -0.2) is 4.57 Å². The third kappa shape index (κ3) is 4.76. The molecule has 0 N–H and O–H groups in total. The Morgan fingerprint density at radius 2 is 1.88 bits per heavy atom. The van der Waals surface area contributed by atoms with Crippen LogP contribution in [0.25, 0.3) is 0 Å². The molecule has 0 saturated carbocycles. The van der Waals surface area contributed by atoms with Crippen molar-refractivity contribution < 1.29 is 22.3 Å². The summed E-state index contributed by atoms with van der Waals surface area (Å²) in [7, 11) is 0.781. The molecular formula is C16H16F3N2O2P. The van der Waals surface area contributed by atoms with Crippen LogP contribution in [0.2, 0.25) is 0 Å². The minimum Gasteiger partial charge on any atom is -0.369 e. The summed E-state index contributed by atoms with van der Waals surface area (Å²) in [5.74, 6) is 0. The van der Waals surface area contributed by atoms with Gasteiger partial charge in [-0.15, -0.1) is 0 Å². The van der Waals surface area contributed by atoms with Crippen LogP contribution < -0.4 is 4.90 Å². The van der Waals surface area contributed by atoms with Crippen molar-refractivity contribution in [2.24, 2.45) is 0 Å². The molecule has 0 aliphatic carbocycles. The number of nitrogens with zero attached hydrogens (tertiary/aromatic N) is 2. The first-order valence-electron chi connectivity index (χ1n) is 7.09. The van der Waals surface area contributed by atoms with Crippen molar-refractivity contribution in [1.29, 1.82) is 0 Å². The maximum absolute atomic E-state index is 12.9. The zero-order valence-corrected chi connectivity index (χ0v) is 14.0. The fourth-order valence-corrected chi connectivity index (χ4v) is 2.48. The van der Waals surface area contributed by atoms with E-state index in [-0.39, 0.29) is 5.69 Å². The SMILES string of the molecule is Cc1ccc(CN(C)c2ccc(C(OP=O)C(F)(F)F)nc2)cc1. The van der Waals surface area contributed by atoms with E-state index in [2.05, 4.69) is 9.51 Å². The van der Waals surface area contributed by atoms with Crippen LogP contribution in [0, 0.1) is 6.92 Å². The summed E-state index contributed by atoms with van der Waals surface area (Å²) in [5.41, 5.74) is 2.57. The average Bonchev–Trinajstić information content (AvgIpc) is 2.54. The zero-order valence-electron chi connectivity index (χ0n) is 13.1. The highest BCUT2D eigenvalue weighted by Crippen LogP contribution is 2.37. The van der Waals surface area contributed by atoms with E-state index in [9.17, 15) is 17.7 Å². The number of rotatable bonds is 6. The second-order valence-electron chi connectivity index (χ2n) is 5.38. The Bertz CT molecular complexity index is 675. The van der Waals surface area contributed by atoms with Gasteiger partial charge in [0.15, 0.2) is 0 Å². The maximum Gasteiger partial charge on any atom is 0.421 e. The Kier molecular flexibility index (Phi) is 5.91. The molecule has 0 saturated heterocycles. The molecule has 0 radical (unpaired) electrons. The van der Waals surface area contributed by atoms with Crippen LogP contribution in [-0.2, 0) is 15.6 Å². The molecule has 1 unspecified atom stereocenters. The molecule has 2 aromatic rings. The fraction of sp³-hybridized carbons (Fsp3) is 0.312. The van der Waals surface area contributed by atoms with Gasteiger partial charge in [-0.05, 0) is 24.6 Å². The Morgan fingerprint density at radius 3 is 2.38 bits per heavy atom. The lowest BCUT2D eigenvalue weighted by Gasteiger charge is -2.21. The first-order chi connectivity index (χ1) is 11.3. The van der Waals surface area contributed by atoms with Gasteiger partial charge in [0.05, 0.1) is 17.6 Å². The van der Waals surface area contributed by atoms with E-state index < -0.39 is 21.0 Å². The first-order valence-corrected chi connectivity index (χ1v) is 7.82. The van der Waals surface area contributed by atoms with Crippen molar-refractivity contribution in [2.45, 2.75) is 25.7 Å². The molecule has 1 aromatic heterocycles. The summed E-state index contributed by atoms with van der Waals surface area (Å²) >= 11 is 0. The van der Waals surface area contributed by atoms with Gasteiger partial charge in [0.2, 0.25) is 6.10 Å². The molecular weight excluding hydrogens is 340 g/mol. The Balaban J connectivity index is 2.12. The van der Waals surface area contributed by atoms with Gasteiger partial charge in [-0.1, -0.05) is 29.8 Å². The molecule has 1 heterocycles. The van der Waals surface area contributed by atoms with Crippen LogP contribution >= 0.6 is 8.69 Å². The highest BCUT2D eigenvalue weighted by molar-refractivity contribution is 7.17. The van der Waals surface area contributed by atoms with Crippen LogP contribution in [0.5, 0.6) is 0 Å². The van der Waals surface area contributed by atoms with E-state index in [4.69, 9.17) is 0 Å². The molecule has 1 aromatic carbocycles. The third-order valence-corrected chi connectivity index (χ3v) is 3.76. The van der Waals surface area contributed by atoms with E-state index in [0.717, 1.165) is 11.1 Å². The lowest BCUT2D eigenvalue weighted by Crippen LogP contribution is -2.22. The van der Waals surface area contributed by atoms with Crippen molar-refractivity contribution in [3.63, 3.8) is 0 Å². The molecule has 8 heteroatoms. The number of aryl methyl sites for hydroxylation is 1. The summed E-state index contributed by atoms with van der Waals surface area (Å²) in [4.78, 5) is 5.68. The van der Waals surface area contributed by atoms with Crippen LogP contribution in [0.1, 0.15) is 22.9 Å². The highest BCUT2D eigenvalue weighted by atomic mass is 31.1. The minimum absolute atomic E-state index is 0.335. The van der Waals surface area contributed by atoms with Gasteiger partial charge in [-0.3, -0.25) is 9.51 Å². The summed E-state index contributed by atoms with van der Waals surface area (Å²) in [6.45, 7) is 2.59. The molecule has 0 amide bonds. The second kappa shape index (κ2) is 7.73. The second-order valence-corrected chi connectivity index (χ2v) is 5.74. The summed E-state index contributed by atoms with van der Waals surface area (Å²) in [5, 5.41) is 0. The maximum atomic E-state index is 12.9. The van der Waals surface area contributed by atoms with Crippen molar-refractivity contribution in [3.05, 3.63) is 59.4 Å². The van der Waals surface area contributed by atoms with E-state index in [0.29, 0.717) is 12.2 Å². The number of hydrogen-bond acceptors (Lipinski definition) is 4. The van der Waals surface area contributed by atoms with E-state index >= 15 is 0 Å². The average molecular weight is 356 g/mol. The van der Waals surface area contributed by atoms with Gasteiger partial charge < -0.3 is 4.90 Å². The molecule has 0 aliphatic rings.